The number of aliphatic hydroxyl groups is 3. The highest BCUT2D eigenvalue weighted by molar-refractivity contribution is 7.65. The van der Waals surface area contributed by atoms with Gasteiger partial charge < -0.3 is 19.9 Å². The molecule has 22 heavy (non-hydrogen) atoms. The van der Waals surface area contributed by atoms with Gasteiger partial charge in [0.25, 0.3) is 0 Å². The minimum absolute atomic E-state index is 0.364. The van der Waals surface area contributed by atoms with Crippen molar-refractivity contribution in [3.63, 3.8) is 0 Å². The lowest BCUT2D eigenvalue weighted by molar-refractivity contribution is -0.0297. The number of hydrogen-bond acceptors (Lipinski definition) is 4. The van der Waals surface area contributed by atoms with E-state index in [0.717, 1.165) is 64.2 Å². The molecule has 0 aromatic heterocycles. The topological polar surface area (TPSA) is 77.8 Å². The van der Waals surface area contributed by atoms with Crippen LogP contribution in [-0.2, 0) is 4.57 Å². The minimum atomic E-state index is -3.25. The molecule has 3 N–H and O–H groups in total. The standard InChI is InChI=1S/C17H33O4P/c18-15-11-7-3-1-5-9-13-17(15,20)22(21)14-10-6-2-4-8-12-16(22)19/h15-16,18-20H,1-14H2. The zero-order valence-corrected chi connectivity index (χ0v) is 14.6. The van der Waals surface area contributed by atoms with Crippen molar-refractivity contribution in [3.05, 3.63) is 0 Å². The molecule has 0 radical (unpaired) electrons. The van der Waals surface area contributed by atoms with Crippen LogP contribution in [0.1, 0.15) is 83.5 Å². The third-order valence-corrected chi connectivity index (χ3v) is 9.68. The Balaban J connectivity index is 2.28. The Morgan fingerprint density at radius 1 is 0.773 bits per heavy atom. The van der Waals surface area contributed by atoms with E-state index in [1.165, 1.54) is 0 Å². The number of hydrogen-bond donors (Lipinski definition) is 3. The summed E-state index contributed by atoms with van der Waals surface area (Å²) in [7, 11) is -3.25. The zero-order valence-electron chi connectivity index (χ0n) is 13.8. The molecule has 4 atom stereocenters. The summed E-state index contributed by atoms with van der Waals surface area (Å²) in [6, 6.07) is 0. The molecule has 1 saturated heterocycles. The summed E-state index contributed by atoms with van der Waals surface area (Å²) in [5, 5.41) is 30.9. The lowest BCUT2D eigenvalue weighted by atomic mass is 10.0. The molecule has 1 aliphatic heterocycles. The molecular weight excluding hydrogens is 299 g/mol. The summed E-state index contributed by atoms with van der Waals surface area (Å²) in [6.45, 7) is 0. The maximum Gasteiger partial charge on any atom is 0.147 e. The van der Waals surface area contributed by atoms with Crippen molar-refractivity contribution >= 4 is 7.14 Å². The van der Waals surface area contributed by atoms with Gasteiger partial charge in [-0.25, -0.2) is 0 Å². The van der Waals surface area contributed by atoms with E-state index in [9.17, 15) is 19.9 Å². The molecule has 0 bridgehead atoms. The third-order valence-electron chi connectivity index (χ3n) is 5.65. The fraction of sp³-hybridized carbons (Fsp3) is 1.00. The quantitative estimate of drug-likeness (QED) is 0.638. The van der Waals surface area contributed by atoms with Crippen LogP contribution in [0.3, 0.4) is 0 Å². The SMILES string of the molecule is O=P1(C2(O)CCCCCCCC2O)CCCCCCCC1O. The molecular formula is C17H33O4P. The average molecular weight is 332 g/mol. The summed E-state index contributed by atoms with van der Waals surface area (Å²) in [5.41, 5.74) is 0. The van der Waals surface area contributed by atoms with Gasteiger partial charge in [0.15, 0.2) is 0 Å². The van der Waals surface area contributed by atoms with Gasteiger partial charge in [-0.15, -0.1) is 0 Å². The van der Waals surface area contributed by atoms with Gasteiger partial charge >= 0.3 is 0 Å². The average Bonchev–Trinajstić information content (AvgIpc) is 2.63. The van der Waals surface area contributed by atoms with Gasteiger partial charge in [0.05, 0.1) is 6.10 Å². The Hall–Kier alpha value is 0.110. The number of aliphatic hydroxyl groups excluding tert-OH is 2. The van der Waals surface area contributed by atoms with Gasteiger partial charge in [0, 0.05) is 6.16 Å². The van der Waals surface area contributed by atoms with Crippen molar-refractivity contribution in [2.24, 2.45) is 0 Å². The Morgan fingerprint density at radius 2 is 1.32 bits per heavy atom. The van der Waals surface area contributed by atoms with Crippen LogP contribution >= 0.6 is 7.14 Å². The van der Waals surface area contributed by atoms with Crippen LogP contribution < -0.4 is 0 Å². The second kappa shape index (κ2) is 8.28. The number of rotatable bonds is 1. The summed E-state index contributed by atoms with van der Waals surface area (Å²) < 4.78 is 13.7. The first-order valence-electron chi connectivity index (χ1n) is 9.18. The normalized spacial score (nSPS) is 43.0. The lowest BCUT2D eigenvalue weighted by Gasteiger charge is -2.42. The van der Waals surface area contributed by atoms with Crippen LogP contribution in [0.2, 0.25) is 0 Å². The smallest absolute Gasteiger partial charge is 0.147 e. The van der Waals surface area contributed by atoms with Gasteiger partial charge in [-0.2, -0.15) is 0 Å². The van der Waals surface area contributed by atoms with E-state index in [0.29, 0.717) is 25.4 Å². The monoisotopic (exact) mass is 332 g/mol. The van der Waals surface area contributed by atoms with E-state index >= 15 is 0 Å². The maximum absolute atomic E-state index is 13.7. The van der Waals surface area contributed by atoms with Crippen molar-refractivity contribution in [1.29, 1.82) is 0 Å². The molecule has 4 unspecified atom stereocenters. The molecule has 1 saturated carbocycles. The van der Waals surface area contributed by atoms with E-state index in [4.69, 9.17) is 0 Å². The fourth-order valence-corrected chi connectivity index (χ4v) is 7.77. The molecule has 130 valence electrons. The van der Waals surface area contributed by atoms with Crippen LogP contribution in [0.15, 0.2) is 0 Å². The molecule has 1 aliphatic carbocycles. The van der Waals surface area contributed by atoms with Crippen LogP contribution in [0.25, 0.3) is 0 Å². The molecule has 4 nitrogen and oxygen atoms in total. The molecule has 0 spiro atoms. The summed E-state index contributed by atoms with van der Waals surface area (Å²) in [6.07, 6.45) is 10.4. The van der Waals surface area contributed by atoms with E-state index in [-0.39, 0.29) is 0 Å². The summed E-state index contributed by atoms with van der Waals surface area (Å²) in [5.74, 6) is -0.953. The zero-order chi connectivity index (χ0) is 16.1. The second-order valence-corrected chi connectivity index (χ2v) is 10.7. The van der Waals surface area contributed by atoms with Gasteiger partial charge in [0.2, 0.25) is 0 Å². The summed E-state index contributed by atoms with van der Waals surface area (Å²) in [4.78, 5) is 0. The summed E-state index contributed by atoms with van der Waals surface area (Å²) >= 11 is 0. The van der Waals surface area contributed by atoms with Crippen LogP contribution in [0.5, 0.6) is 0 Å². The molecule has 5 heteroatoms. The van der Waals surface area contributed by atoms with Crippen molar-refractivity contribution < 1.29 is 19.9 Å². The molecule has 0 amide bonds. The predicted octanol–water partition coefficient (Wildman–Crippen LogP) is 3.82. The van der Waals surface area contributed by atoms with Crippen LogP contribution in [0.4, 0.5) is 0 Å². The second-order valence-electron chi connectivity index (χ2n) is 7.26. The molecule has 2 fully saturated rings. The van der Waals surface area contributed by atoms with Crippen molar-refractivity contribution in [3.8, 4) is 0 Å². The van der Waals surface area contributed by atoms with Crippen molar-refractivity contribution in [2.75, 3.05) is 6.16 Å². The molecule has 1 heterocycles. The Morgan fingerprint density at radius 3 is 2.05 bits per heavy atom. The highest BCUT2D eigenvalue weighted by Crippen LogP contribution is 2.65. The predicted molar refractivity (Wildman–Crippen MR) is 89.5 cm³/mol. The van der Waals surface area contributed by atoms with E-state index in [2.05, 4.69) is 0 Å². The first kappa shape index (κ1) is 18.4. The van der Waals surface area contributed by atoms with Gasteiger partial charge in [-0.1, -0.05) is 51.4 Å². The lowest BCUT2D eigenvalue weighted by Crippen LogP contribution is -2.45. The van der Waals surface area contributed by atoms with E-state index < -0.39 is 24.4 Å². The Labute approximate surface area is 134 Å². The highest BCUT2D eigenvalue weighted by Gasteiger charge is 2.54. The van der Waals surface area contributed by atoms with E-state index in [1.807, 2.05) is 0 Å². The largest absolute Gasteiger partial charge is 0.390 e. The van der Waals surface area contributed by atoms with E-state index in [1.54, 1.807) is 0 Å². The molecule has 2 aliphatic rings. The maximum atomic E-state index is 13.7. The Kier molecular flexibility index (Phi) is 6.94. The minimum Gasteiger partial charge on any atom is -0.390 e. The fourth-order valence-electron chi connectivity index (χ4n) is 4.11. The van der Waals surface area contributed by atoms with Gasteiger partial charge in [-0.05, 0) is 32.1 Å². The van der Waals surface area contributed by atoms with Gasteiger partial charge in [0.1, 0.15) is 18.3 Å². The molecule has 2 rings (SSSR count). The Bertz CT molecular complexity index is 387. The van der Waals surface area contributed by atoms with Crippen molar-refractivity contribution in [2.45, 2.75) is 101 Å². The highest BCUT2D eigenvalue weighted by atomic mass is 31.2. The van der Waals surface area contributed by atoms with Crippen LogP contribution in [0, 0.1) is 0 Å². The third kappa shape index (κ3) is 3.95. The van der Waals surface area contributed by atoms with Crippen molar-refractivity contribution in [1.82, 2.24) is 0 Å². The first-order chi connectivity index (χ1) is 10.5. The first-order valence-corrected chi connectivity index (χ1v) is 11.1. The van der Waals surface area contributed by atoms with Gasteiger partial charge in [-0.3, -0.25) is 0 Å². The molecule has 0 aromatic carbocycles. The van der Waals surface area contributed by atoms with Crippen LogP contribution in [-0.4, -0.2) is 38.8 Å². The molecule has 0 aromatic rings.